The molecule has 1 atom stereocenters. The highest BCUT2D eigenvalue weighted by Crippen LogP contribution is 2.30. The van der Waals surface area contributed by atoms with Crippen molar-refractivity contribution in [2.75, 3.05) is 13.1 Å². The van der Waals surface area contributed by atoms with E-state index in [1.807, 2.05) is 30.5 Å². The highest BCUT2D eigenvalue weighted by Gasteiger charge is 2.21. The third-order valence-electron chi connectivity index (χ3n) is 3.90. The van der Waals surface area contributed by atoms with Gasteiger partial charge in [-0.15, -0.1) is 11.3 Å². The van der Waals surface area contributed by atoms with Gasteiger partial charge in [0.1, 0.15) is 16.3 Å². The molecule has 1 aliphatic heterocycles. The van der Waals surface area contributed by atoms with Gasteiger partial charge in [0.25, 0.3) is 0 Å². The van der Waals surface area contributed by atoms with Crippen molar-refractivity contribution in [3.8, 4) is 5.00 Å². The van der Waals surface area contributed by atoms with Crippen LogP contribution in [0.25, 0.3) is 16.2 Å². The molecule has 108 valence electrons. The maximum atomic E-state index is 6.11. The van der Waals surface area contributed by atoms with Crippen molar-refractivity contribution in [1.29, 1.82) is 0 Å². The molecule has 3 aromatic heterocycles. The molecule has 3 aromatic rings. The number of thiophene rings is 1. The third kappa shape index (κ3) is 2.46. The summed E-state index contributed by atoms with van der Waals surface area (Å²) < 4.78 is 2.95. The number of nitrogens with zero attached hydrogens (tertiary/aromatic N) is 3. The van der Waals surface area contributed by atoms with E-state index in [0.29, 0.717) is 5.92 Å². The quantitative estimate of drug-likeness (QED) is 0.806. The predicted octanol–water partition coefficient (Wildman–Crippen LogP) is 3.29. The van der Waals surface area contributed by atoms with Gasteiger partial charge in [-0.3, -0.25) is 4.57 Å². The molecule has 21 heavy (non-hydrogen) atoms. The molecule has 1 fully saturated rings. The first-order valence-corrected chi connectivity index (χ1v) is 8.29. The molecule has 0 amide bonds. The lowest BCUT2D eigenvalue weighted by Crippen LogP contribution is -2.13. The summed E-state index contributed by atoms with van der Waals surface area (Å²) in [5.74, 6) is 1.73. The smallest absolute Gasteiger partial charge is 0.165 e. The minimum Gasteiger partial charge on any atom is -0.316 e. The van der Waals surface area contributed by atoms with Gasteiger partial charge in [0, 0.05) is 12.6 Å². The van der Waals surface area contributed by atoms with Gasteiger partial charge in [-0.2, -0.15) is 0 Å². The summed E-state index contributed by atoms with van der Waals surface area (Å²) in [5.41, 5.74) is 1.86. The largest absolute Gasteiger partial charge is 0.316 e. The van der Waals surface area contributed by atoms with Crippen molar-refractivity contribution in [2.24, 2.45) is 5.92 Å². The van der Waals surface area contributed by atoms with E-state index in [1.54, 1.807) is 11.3 Å². The minimum atomic E-state index is 0.649. The zero-order chi connectivity index (χ0) is 14.2. The molecule has 1 unspecified atom stereocenters. The molecule has 6 heteroatoms. The number of pyridine rings is 1. The normalized spacial score (nSPS) is 18.6. The van der Waals surface area contributed by atoms with Crippen molar-refractivity contribution in [3.05, 3.63) is 40.6 Å². The summed E-state index contributed by atoms with van der Waals surface area (Å²) in [6.07, 6.45) is 4.00. The molecule has 0 aromatic carbocycles. The highest BCUT2D eigenvalue weighted by atomic mass is 35.5. The zero-order valence-corrected chi connectivity index (χ0v) is 13.0. The topological polar surface area (TPSA) is 42.7 Å². The summed E-state index contributed by atoms with van der Waals surface area (Å²) in [4.78, 5) is 9.31. The number of halogens is 1. The van der Waals surface area contributed by atoms with Crippen molar-refractivity contribution >= 4 is 34.1 Å². The van der Waals surface area contributed by atoms with Crippen molar-refractivity contribution in [3.63, 3.8) is 0 Å². The van der Waals surface area contributed by atoms with E-state index in [2.05, 4.69) is 14.9 Å². The molecule has 4 nitrogen and oxygen atoms in total. The molecule has 0 bridgehead atoms. The van der Waals surface area contributed by atoms with Gasteiger partial charge < -0.3 is 5.32 Å². The van der Waals surface area contributed by atoms with E-state index in [4.69, 9.17) is 16.6 Å². The Morgan fingerprint density at radius 3 is 3.10 bits per heavy atom. The Labute approximate surface area is 131 Å². The first-order valence-electron chi connectivity index (χ1n) is 7.10. The summed E-state index contributed by atoms with van der Waals surface area (Å²) in [6.45, 7) is 2.18. The van der Waals surface area contributed by atoms with Crippen LogP contribution in [0.3, 0.4) is 0 Å². The van der Waals surface area contributed by atoms with Crippen LogP contribution in [0.2, 0.25) is 4.34 Å². The van der Waals surface area contributed by atoms with Gasteiger partial charge in [-0.25, -0.2) is 9.97 Å². The Kier molecular flexibility index (Phi) is 3.41. The fourth-order valence-electron chi connectivity index (χ4n) is 2.90. The molecular weight excluding hydrogens is 304 g/mol. The van der Waals surface area contributed by atoms with Crippen LogP contribution in [0, 0.1) is 5.92 Å². The lowest BCUT2D eigenvalue weighted by molar-refractivity contribution is 0.559. The number of aromatic nitrogens is 3. The number of nitrogens with one attached hydrogen (secondary N) is 1. The van der Waals surface area contributed by atoms with E-state index in [-0.39, 0.29) is 0 Å². The molecule has 1 saturated heterocycles. The van der Waals surface area contributed by atoms with E-state index < -0.39 is 0 Å². The summed E-state index contributed by atoms with van der Waals surface area (Å²) in [5, 5.41) is 4.50. The van der Waals surface area contributed by atoms with Gasteiger partial charge >= 0.3 is 0 Å². The van der Waals surface area contributed by atoms with Crippen LogP contribution < -0.4 is 5.32 Å². The summed E-state index contributed by atoms with van der Waals surface area (Å²) >= 11 is 7.67. The SMILES string of the molecule is Clc1ccc(-n2c(CC3CCNC3)nc3cccnc32)s1. The maximum absolute atomic E-state index is 6.11. The third-order valence-corrected chi connectivity index (χ3v) is 5.11. The zero-order valence-electron chi connectivity index (χ0n) is 11.4. The van der Waals surface area contributed by atoms with Crippen LogP contribution in [0.1, 0.15) is 12.2 Å². The molecule has 1 N–H and O–H groups in total. The van der Waals surface area contributed by atoms with Gasteiger partial charge in [-0.05, 0) is 49.7 Å². The van der Waals surface area contributed by atoms with Crippen LogP contribution >= 0.6 is 22.9 Å². The van der Waals surface area contributed by atoms with Crippen LogP contribution in [-0.2, 0) is 6.42 Å². The fourth-order valence-corrected chi connectivity index (χ4v) is 3.95. The first kappa shape index (κ1) is 13.2. The molecule has 1 aliphatic rings. The molecule has 0 saturated carbocycles. The number of hydrogen-bond donors (Lipinski definition) is 1. The molecule has 4 rings (SSSR count). The van der Waals surface area contributed by atoms with Crippen molar-refractivity contribution in [1.82, 2.24) is 19.9 Å². The highest BCUT2D eigenvalue weighted by molar-refractivity contribution is 7.18. The lowest BCUT2D eigenvalue weighted by Gasteiger charge is -2.09. The Hall–Kier alpha value is -1.43. The van der Waals surface area contributed by atoms with E-state index >= 15 is 0 Å². The second-order valence-corrected chi connectivity index (χ2v) is 7.04. The van der Waals surface area contributed by atoms with Gasteiger partial charge in [0.2, 0.25) is 0 Å². The van der Waals surface area contributed by atoms with Crippen LogP contribution in [0.4, 0.5) is 0 Å². The fraction of sp³-hybridized carbons (Fsp3) is 0.333. The van der Waals surface area contributed by atoms with Crippen LogP contribution in [-0.4, -0.2) is 27.6 Å². The number of hydrogen-bond acceptors (Lipinski definition) is 4. The standard InChI is InChI=1S/C15H15ClN4S/c16-12-3-4-14(21-12)20-13(8-10-5-7-17-9-10)19-11-2-1-6-18-15(11)20/h1-4,6,10,17H,5,7-9H2. The second kappa shape index (κ2) is 5.40. The molecule has 0 spiro atoms. The van der Waals surface area contributed by atoms with E-state index in [9.17, 15) is 0 Å². The van der Waals surface area contributed by atoms with E-state index in [0.717, 1.165) is 45.8 Å². The number of imidazole rings is 1. The predicted molar refractivity (Wildman–Crippen MR) is 86.4 cm³/mol. The Bertz CT molecular complexity index is 773. The lowest BCUT2D eigenvalue weighted by atomic mass is 10.0. The Morgan fingerprint density at radius 1 is 1.38 bits per heavy atom. The number of rotatable bonds is 3. The van der Waals surface area contributed by atoms with Gasteiger partial charge in [0.15, 0.2) is 5.65 Å². The Balaban J connectivity index is 1.84. The number of fused-ring (bicyclic) bond motifs is 1. The molecule has 0 radical (unpaired) electrons. The monoisotopic (exact) mass is 318 g/mol. The van der Waals surface area contributed by atoms with Gasteiger partial charge in [0.05, 0.1) is 4.34 Å². The molecule has 0 aliphatic carbocycles. The summed E-state index contributed by atoms with van der Waals surface area (Å²) in [7, 11) is 0. The molecular formula is C15H15ClN4S. The van der Waals surface area contributed by atoms with Crippen molar-refractivity contribution < 1.29 is 0 Å². The van der Waals surface area contributed by atoms with E-state index in [1.165, 1.54) is 6.42 Å². The van der Waals surface area contributed by atoms with Gasteiger partial charge in [-0.1, -0.05) is 11.6 Å². The average molecular weight is 319 g/mol. The first-order chi connectivity index (χ1) is 10.3. The summed E-state index contributed by atoms with van der Waals surface area (Å²) in [6, 6.07) is 7.92. The Morgan fingerprint density at radius 2 is 2.33 bits per heavy atom. The average Bonchev–Trinajstić information content (AvgIpc) is 3.18. The van der Waals surface area contributed by atoms with Crippen molar-refractivity contribution in [2.45, 2.75) is 12.8 Å². The van der Waals surface area contributed by atoms with Crippen LogP contribution in [0.15, 0.2) is 30.5 Å². The maximum Gasteiger partial charge on any atom is 0.165 e. The van der Waals surface area contributed by atoms with Crippen LogP contribution in [0.5, 0.6) is 0 Å². The second-order valence-electron chi connectivity index (χ2n) is 5.35. The molecule has 4 heterocycles. The minimum absolute atomic E-state index is 0.649.